The van der Waals surface area contributed by atoms with Crippen molar-refractivity contribution < 1.29 is 14.7 Å². The molecule has 5 nitrogen and oxygen atoms in total. The molecule has 0 saturated heterocycles. The van der Waals surface area contributed by atoms with Gasteiger partial charge in [-0.05, 0) is 66.1 Å². The number of hydrogen-bond donors (Lipinski definition) is 3. The molecule has 5 heteroatoms. The van der Waals surface area contributed by atoms with E-state index in [0.717, 1.165) is 19.3 Å². The molecular weight excluding hydrogens is 400 g/mol. The molecule has 0 bridgehead atoms. The first-order valence-corrected chi connectivity index (χ1v) is 11.3. The molecule has 0 heterocycles. The minimum Gasteiger partial charge on any atom is -0.481 e. The largest absolute Gasteiger partial charge is 0.481 e. The van der Waals surface area contributed by atoms with Gasteiger partial charge in [-0.3, -0.25) is 9.59 Å². The van der Waals surface area contributed by atoms with Gasteiger partial charge in [0.15, 0.2) is 0 Å². The molecule has 1 aliphatic rings. The van der Waals surface area contributed by atoms with Crippen LogP contribution < -0.4 is 10.6 Å². The molecule has 1 amide bonds. The van der Waals surface area contributed by atoms with Crippen LogP contribution in [0.3, 0.4) is 0 Å². The molecule has 0 aliphatic heterocycles. The first kappa shape index (κ1) is 22.0. The molecule has 3 unspecified atom stereocenters. The van der Waals surface area contributed by atoms with Gasteiger partial charge in [0.25, 0.3) is 5.91 Å². The molecule has 0 radical (unpaired) electrons. The Hall–Kier alpha value is -3.18. The number of fused-ring (bicyclic) bond motifs is 1. The lowest BCUT2D eigenvalue weighted by molar-refractivity contribution is -0.136. The molecular formula is C27H30N2O3. The number of carboxylic acid groups (broad SMARTS) is 1. The number of carboxylic acids is 1. The van der Waals surface area contributed by atoms with E-state index in [1.54, 1.807) is 0 Å². The van der Waals surface area contributed by atoms with Crippen molar-refractivity contribution in [2.75, 3.05) is 6.54 Å². The molecule has 3 aromatic carbocycles. The van der Waals surface area contributed by atoms with E-state index in [2.05, 4.69) is 60.0 Å². The Balaban J connectivity index is 1.34. The van der Waals surface area contributed by atoms with Crippen LogP contribution in [0.25, 0.3) is 10.8 Å². The van der Waals surface area contributed by atoms with Gasteiger partial charge >= 0.3 is 5.97 Å². The molecule has 4 rings (SSSR count). The summed E-state index contributed by atoms with van der Waals surface area (Å²) in [5.74, 6) is -0.663. The quantitative estimate of drug-likeness (QED) is 0.468. The highest BCUT2D eigenvalue weighted by molar-refractivity contribution is 5.94. The van der Waals surface area contributed by atoms with Crippen LogP contribution in [0.1, 0.15) is 66.1 Å². The first-order chi connectivity index (χ1) is 15.5. The number of aliphatic carboxylic acids is 1. The third-order valence-electron chi connectivity index (χ3n) is 6.48. The molecule has 1 saturated carbocycles. The summed E-state index contributed by atoms with van der Waals surface area (Å²) in [4.78, 5) is 22.7. The molecule has 0 spiro atoms. The van der Waals surface area contributed by atoms with Crippen molar-refractivity contribution >= 4 is 22.6 Å². The summed E-state index contributed by atoms with van der Waals surface area (Å²) < 4.78 is 0. The highest BCUT2D eigenvalue weighted by atomic mass is 16.4. The van der Waals surface area contributed by atoms with E-state index in [9.17, 15) is 9.59 Å². The summed E-state index contributed by atoms with van der Waals surface area (Å²) in [7, 11) is 0. The fourth-order valence-electron chi connectivity index (χ4n) is 4.80. The van der Waals surface area contributed by atoms with Crippen molar-refractivity contribution in [3.8, 4) is 0 Å². The number of benzene rings is 3. The Morgan fingerprint density at radius 3 is 2.53 bits per heavy atom. The van der Waals surface area contributed by atoms with Crippen LogP contribution in [0.4, 0.5) is 0 Å². The minimum absolute atomic E-state index is 0.0719. The van der Waals surface area contributed by atoms with Gasteiger partial charge < -0.3 is 15.7 Å². The predicted molar refractivity (Wildman–Crippen MR) is 127 cm³/mol. The monoisotopic (exact) mass is 430 g/mol. The number of rotatable bonds is 8. The Kier molecular flexibility index (Phi) is 6.86. The summed E-state index contributed by atoms with van der Waals surface area (Å²) >= 11 is 0. The van der Waals surface area contributed by atoms with Crippen LogP contribution in [0.5, 0.6) is 0 Å². The normalized spacial score (nSPS) is 19.0. The van der Waals surface area contributed by atoms with Gasteiger partial charge in [0, 0.05) is 24.2 Å². The maximum atomic E-state index is 12.1. The lowest BCUT2D eigenvalue weighted by Crippen LogP contribution is -2.29. The van der Waals surface area contributed by atoms with Crippen molar-refractivity contribution in [1.82, 2.24) is 10.6 Å². The Morgan fingerprint density at radius 1 is 1.00 bits per heavy atom. The highest BCUT2D eigenvalue weighted by Gasteiger charge is 2.27. The second-order valence-electron chi connectivity index (χ2n) is 8.69. The number of hydrogen-bond acceptors (Lipinski definition) is 3. The van der Waals surface area contributed by atoms with Gasteiger partial charge in [-0.1, -0.05) is 54.6 Å². The van der Waals surface area contributed by atoms with E-state index >= 15 is 0 Å². The average Bonchev–Trinajstić information content (AvgIpc) is 3.27. The summed E-state index contributed by atoms with van der Waals surface area (Å²) in [6, 6.07) is 23.5. The zero-order chi connectivity index (χ0) is 22.5. The van der Waals surface area contributed by atoms with Gasteiger partial charge in [-0.25, -0.2) is 0 Å². The van der Waals surface area contributed by atoms with E-state index in [1.807, 2.05) is 24.3 Å². The summed E-state index contributed by atoms with van der Waals surface area (Å²) in [6.45, 7) is 2.38. The molecule has 1 fully saturated rings. The van der Waals surface area contributed by atoms with Crippen LogP contribution in [0.2, 0.25) is 0 Å². The number of nitrogens with one attached hydrogen (secondary N) is 2. The van der Waals surface area contributed by atoms with Crippen LogP contribution in [0.15, 0.2) is 66.7 Å². The van der Waals surface area contributed by atoms with Crippen LogP contribution in [-0.4, -0.2) is 29.6 Å². The molecule has 166 valence electrons. The molecule has 1 aliphatic carbocycles. The Morgan fingerprint density at radius 2 is 1.75 bits per heavy atom. The minimum atomic E-state index is -0.917. The predicted octanol–water partition coefficient (Wildman–Crippen LogP) is 5.03. The Labute approximate surface area is 188 Å². The lowest BCUT2D eigenvalue weighted by atomic mass is 9.96. The molecule has 3 aromatic rings. The van der Waals surface area contributed by atoms with Gasteiger partial charge in [-0.15, -0.1) is 0 Å². The maximum absolute atomic E-state index is 12.1. The zero-order valence-corrected chi connectivity index (χ0v) is 18.4. The fourth-order valence-corrected chi connectivity index (χ4v) is 4.80. The van der Waals surface area contributed by atoms with E-state index in [1.165, 1.54) is 21.9 Å². The van der Waals surface area contributed by atoms with E-state index in [-0.39, 0.29) is 24.9 Å². The number of carbonyl (C=O) groups is 2. The lowest BCUT2D eigenvalue weighted by Gasteiger charge is -2.21. The molecule has 3 atom stereocenters. The van der Waals surface area contributed by atoms with Crippen LogP contribution in [0, 0.1) is 0 Å². The SMILES string of the molecule is CC(NC1CCC(c2ccc(C(=O)NCCC(=O)O)cc2)C1)c1cccc2ccccc12. The van der Waals surface area contributed by atoms with E-state index in [0.29, 0.717) is 17.5 Å². The average molecular weight is 431 g/mol. The van der Waals surface area contributed by atoms with Crippen molar-refractivity contribution in [2.45, 2.75) is 50.6 Å². The molecule has 3 N–H and O–H groups in total. The van der Waals surface area contributed by atoms with Gasteiger partial charge in [-0.2, -0.15) is 0 Å². The van der Waals surface area contributed by atoms with Crippen LogP contribution >= 0.6 is 0 Å². The topological polar surface area (TPSA) is 78.4 Å². The van der Waals surface area contributed by atoms with Crippen LogP contribution in [-0.2, 0) is 4.79 Å². The molecule has 32 heavy (non-hydrogen) atoms. The van der Waals surface area contributed by atoms with Crippen molar-refractivity contribution in [1.29, 1.82) is 0 Å². The van der Waals surface area contributed by atoms with Gasteiger partial charge in [0.2, 0.25) is 0 Å². The molecule has 0 aromatic heterocycles. The second-order valence-corrected chi connectivity index (χ2v) is 8.69. The first-order valence-electron chi connectivity index (χ1n) is 11.3. The zero-order valence-electron chi connectivity index (χ0n) is 18.4. The third kappa shape index (κ3) is 5.17. The summed E-state index contributed by atoms with van der Waals surface area (Å²) in [5, 5.41) is 17.7. The standard InChI is InChI=1S/C27H30N2O3/c1-18(24-8-4-6-20-5-2-3-7-25(20)24)29-23-14-13-22(17-23)19-9-11-21(12-10-19)27(32)28-16-15-26(30)31/h2-12,18,22-23,29H,13-17H2,1H3,(H,28,32)(H,30,31). The third-order valence-corrected chi connectivity index (χ3v) is 6.48. The van der Waals surface area contributed by atoms with Crippen molar-refractivity contribution in [3.63, 3.8) is 0 Å². The van der Waals surface area contributed by atoms with Crippen molar-refractivity contribution in [2.24, 2.45) is 0 Å². The smallest absolute Gasteiger partial charge is 0.305 e. The van der Waals surface area contributed by atoms with Crippen molar-refractivity contribution in [3.05, 3.63) is 83.4 Å². The fraction of sp³-hybridized carbons (Fsp3) is 0.333. The summed E-state index contributed by atoms with van der Waals surface area (Å²) in [5.41, 5.74) is 3.16. The number of carbonyl (C=O) groups excluding carboxylic acids is 1. The second kappa shape index (κ2) is 9.96. The van der Waals surface area contributed by atoms with Gasteiger partial charge in [0.05, 0.1) is 6.42 Å². The van der Waals surface area contributed by atoms with E-state index < -0.39 is 5.97 Å². The Bertz CT molecular complexity index is 1090. The number of amides is 1. The van der Waals surface area contributed by atoms with Gasteiger partial charge in [0.1, 0.15) is 0 Å². The maximum Gasteiger partial charge on any atom is 0.305 e. The summed E-state index contributed by atoms with van der Waals surface area (Å²) in [6.07, 6.45) is 3.28. The van der Waals surface area contributed by atoms with E-state index in [4.69, 9.17) is 5.11 Å². The highest BCUT2D eigenvalue weighted by Crippen LogP contribution is 2.36.